The van der Waals surface area contributed by atoms with Crippen LogP contribution in [-0.2, 0) is 4.79 Å². The van der Waals surface area contributed by atoms with Crippen LogP contribution in [0.4, 0.5) is 13.6 Å². The molecule has 2 fully saturated rings. The highest BCUT2D eigenvalue weighted by atomic mass is 19.3. The lowest BCUT2D eigenvalue weighted by molar-refractivity contribution is -0.135. The van der Waals surface area contributed by atoms with Crippen molar-refractivity contribution in [3.05, 3.63) is 66.5 Å². The minimum absolute atomic E-state index is 0.135. The number of fused-ring (bicyclic) bond motifs is 1. The lowest BCUT2D eigenvalue weighted by atomic mass is 9.80. The molecule has 33 heavy (non-hydrogen) atoms. The summed E-state index contributed by atoms with van der Waals surface area (Å²) < 4.78 is 27.1. The van der Waals surface area contributed by atoms with Crippen LogP contribution in [0.5, 0.6) is 0 Å². The van der Waals surface area contributed by atoms with Gasteiger partial charge in [0.2, 0.25) is 5.92 Å². The molecule has 3 aromatic rings. The number of ketones is 1. The van der Waals surface area contributed by atoms with Gasteiger partial charge in [-0.2, -0.15) is 0 Å². The van der Waals surface area contributed by atoms with Gasteiger partial charge in [0.25, 0.3) is 5.91 Å². The summed E-state index contributed by atoms with van der Waals surface area (Å²) in [6.45, 7) is -0.430. The van der Waals surface area contributed by atoms with Crippen LogP contribution < -0.4 is 5.32 Å². The first kappa shape index (κ1) is 21.2. The van der Waals surface area contributed by atoms with Gasteiger partial charge in [-0.3, -0.25) is 19.5 Å². The van der Waals surface area contributed by atoms with E-state index in [9.17, 15) is 23.2 Å². The van der Waals surface area contributed by atoms with Crippen LogP contribution in [0.15, 0.2) is 60.9 Å². The van der Waals surface area contributed by atoms with E-state index < -0.39 is 48.6 Å². The second-order valence-electron chi connectivity index (χ2n) is 8.66. The molecule has 0 unspecified atom stereocenters. The second-order valence-corrected chi connectivity index (χ2v) is 8.66. The maximum absolute atomic E-state index is 13.5. The van der Waals surface area contributed by atoms with Gasteiger partial charge < -0.3 is 5.32 Å². The Labute approximate surface area is 188 Å². The van der Waals surface area contributed by atoms with Crippen molar-refractivity contribution in [2.75, 3.05) is 6.54 Å². The first-order valence-corrected chi connectivity index (χ1v) is 10.8. The van der Waals surface area contributed by atoms with E-state index in [0.717, 1.165) is 26.8 Å². The first-order chi connectivity index (χ1) is 15.8. The smallest absolute Gasteiger partial charge is 0.323 e. The number of nitrogens with zero attached hydrogens (tertiary/aromatic N) is 2. The number of carbonyl (C=O) groups is 3. The molecule has 1 aromatic heterocycles. The second kappa shape index (κ2) is 7.72. The quantitative estimate of drug-likeness (QED) is 0.467. The number of amides is 3. The van der Waals surface area contributed by atoms with E-state index in [4.69, 9.17) is 0 Å². The summed E-state index contributed by atoms with van der Waals surface area (Å²) in [5.74, 6) is -3.83. The molecule has 1 saturated carbocycles. The van der Waals surface area contributed by atoms with E-state index in [1.54, 1.807) is 24.5 Å². The minimum Gasteiger partial charge on any atom is -0.323 e. The predicted molar refractivity (Wildman–Crippen MR) is 118 cm³/mol. The van der Waals surface area contributed by atoms with Gasteiger partial charge in [0.05, 0.1) is 6.54 Å². The molecule has 2 aliphatic rings. The van der Waals surface area contributed by atoms with E-state index in [0.29, 0.717) is 5.56 Å². The highest BCUT2D eigenvalue weighted by Gasteiger charge is 2.55. The SMILES string of the molecule is O=C(CN1C(=O)NC2(CCC(F)(F)CC2)C1=O)c1ccc(-c2cccc3ccncc23)cc1. The van der Waals surface area contributed by atoms with Crippen molar-refractivity contribution in [2.45, 2.75) is 37.1 Å². The topological polar surface area (TPSA) is 79.4 Å². The van der Waals surface area contributed by atoms with Crippen molar-refractivity contribution in [2.24, 2.45) is 0 Å². The van der Waals surface area contributed by atoms with Crippen molar-refractivity contribution in [3.8, 4) is 11.1 Å². The Bertz CT molecular complexity index is 1260. The van der Waals surface area contributed by atoms with Gasteiger partial charge in [0.1, 0.15) is 5.54 Å². The van der Waals surface area contributed by atoms with Crippen LogP contribution in [0.2, 0.25) is 0 Å². The van der Waals surface area contributed by atoms with Crippen LogP contribution in [0.25, 0.3) is 21.9 Å². The Morgan fingerprint density at radius 2 is 1.73 bits per heavy atom. The highest BCUT2D eigenvalue weighted by molar-refractivity contribution is 6.11. The van der Waals surface area contributed by atoms with Crippen molar-refractivity contribution < 1.29 is 23.2 Å². The molecule has 0 radical (unpaired) electrons. The number of nitrogens with one attached hydrogen (secondary N) is 1. The molecule has 6 nitrogen and oxygen atoms in total. The lowest BCUT2D eigenvalue weighted by Crippen LogP contribution is -2.51. The Hall–Kier alpha value is -3.68. The summed E-state index contributed by atoms with van der Waals surface area (Å²) in [7, 11) is 0. The zero-order valence-corrected chi connectivity index (χ0v) is 17.7. The van der Waals surface area contributed by atoms with Gasteiger partial charge in [0.15, 0.2) is 5.78 Å². The van der Waals surface area contributed by atoms with Gasteiger partial charge in [0, 0.05) is 36.2 Å². The number of pyridine rings is 1. The van der Waals surface area contributed by atoms with Crippen LogP contribution >= 0.6 is 0 Å². The van der Waals surface area contributed by atoms with Crippen LogP contribution in [0.1, 0.15) is 36.0 Å². The molecule has 1 aliphatic heterocycles. The van der Waals surface area contributed by atoms with Crippen LogP contribution in [0.3, 0.4) is 0 Å². The summed E-state index contributed by atoms with van der Waals surface area (Å²) in [6, 6.07) is 14.1. The molecule has 5 rings (SSSR count). The van der Waals surface area contributed by atoms with Gasteiger partial charge >= 0.3 is 6.03 Å². The number of rotatable bonds is 4. The summed E-state index contributed by atoms with van der Waals surface area (Å²) in [4.78, 5) is 43.1. The third kappa shape index (κ3) is 3.75. The fourth-order valence-corrected chi connectivity index (χ4v) is 4.64. The standard InChI is InChI=1S/C25H21F2N3O3/c26-25(27)11-9-24(10-12-25)22(32)30(23(33)29-24)15-21(31)18-6-4-17(5-7-18)19-3-1-2-16-8-13-28-14-20(16)19/h1-8,13-14H,9-12,15H2,(H,29,33). The fourth-order valence-electron chi connectivity index (χ4n) is 4.64. The Morgan fingerprint density at radius 3 is 2.45 bits per heavy atom. The molecule has 1 saturated heterocycles. The molecule has 1 spiro atoms. The molecule has 168 valence electrons. The van der Waals surface area contributed by atoms with Gasteiger partial charge in [-0.05, 0) is 35.4 Å². The monoisotopic (exact) mass is 449 g/mol. The highest BCUT2D eigenvalue weighted by Crippen LogP contribution is 2.41. The van der Waals surface area contributed by atoms with Crippen molar-refractivity contribution in [1.82, 2.24) is 15.2 Å². The normalized spacial score (nSPS) is 19.2. The Kier molecular flexibility index (Phi) is 4.96. The number of carbonyl (C=O) groups excluding carboxylic acids is 3. The first-order valence-electron chi connectivity index (χ1n) is 10.8. The molecule has 0 atom stereocenters. The summed E-state index contributed by atoms with van der Waals surface area (Å²) in [6.07, 6.45) is 2.32. The maximum Gasteiger partial charge on any atom is 0.325 e. The fraction of sp³-hybridized carbons (Fsp3) is 0.280. The molecule has 1 N–H and O–H groups in total. The van der Waals surface area contributed by atoms with Crippen molar-refractivity contribution in [3.63, 3.8) is 0 Å². The van der Waals surface area contributed by atoms with Gasteiger partial charge in [-0.1, -0.05) is 42.5 Å². The molecule has 8 heteroatoms. The molecular weight excluding hydrogens is 428 g/mol. The number of Topliss-reactive ketones (excluding diaryl/α,β-unsaturated/α-hetero) is 1. The predicted octanol–water partition coefficient (Wildman–Crippen LogP) is 4.58. The Morgan fingerprint density at radius 1 is 1.00 bits per heavy atom. The number of aromatic nitrogens is 1. The van der Waals surface area contributed by atoms with Crippen molar-refractivity contribution in [1.29, 1.82) is 0 Å². The number of benzene rings is 2. The van der Waals surface area contributed by atoms with E-state index in [2.05, 4.69) is 10.3 Å². The van der Waals surface area contributed by atoms with Gasteiger partial charge in [-0.25, -0.2) is 13.6 Å². The maximum atomic E-state index is 13.5. The van der Waals surface area contributed by atoms with Crippen molar-refractivity contribution >= 4 is 28.5 Å². The molecule has 3 amide bonds. The summed E-state index contributed by atoms with van der Waals surface area (Å²) in [5, 5.41) is 4.60. The number of urea groups is 1. The van der Waals surface area contributed by atoms with E-state index in [1.807, 2.05) is 36.4 Å². The molecule has 1 aliphatic carbocycles. The third-order valence-corrected chi connectivity index (χ3v) is 6.58. The zero-order valence-electron chi connectivity index (χ0n) is 17.7. The largest absolute Gasteiger partial charge is 0.325 e. The minimum atomic E-state index is -2.83. The molecular formula is C25H21F2N3O3. The number of hydrogen-bond acceptors (Lipinski definition) is 4. The summed E-state index contributed by atoms with van der Waals surface area (Å²) >= 11 is 0. The number of alkyl halides is 2. The van der Waals surface area contributed by atoms with E-state index >= 15 is 0 Å². The van der Waals surface area contributed by atoms with E-state index in [1.165, 1.54) is 0 Å². The number of halogens is 2. The average molecular weight is 449 g/mol. The Balaban J connectivity index is 1.32. The van der Waals surface area contributed by atoms with E-state index in [-0.39, 0.29) is 12.8 Å². The molecule has 0 bridgehead atoms. The average Bonchev–Trinajstić information content (AvgIpc) is 3.05. The summed E-state index contributed by atoms with van der Waals surface area (Å²) in [5.41, 5.74) is 0.909. The van der Waals surface area contributed by atoms with Gasteiger partial charge in [-0.15, -0.1) is 0 Å². The molecule has 2 heterocycles. The molecule has 2 aromatic carbocycles. The number of hydrogen-bond donors (Lipinski definition) is 1. The third-order valence-electron chi connectivity index (χ3n) is 6.58. The lowest BCUT2D eigenvalue weighted by Gasteiger charge is -2.34. The zero-order chi connectivity index (χ0) is 23.2. The number of imide groups is 1. The van der Waals surface area contributed by atoms with Crippen LogP contribution in [0, 0.1) is 0 Å². The van der Waals surface area contributed by atoms with Crippen LogP contribution in [-0.4, -0.2) is 45.6 Å².